The van der Waals surface area contributed by atoms with Crippen molar-refractivity contribution in [3.8, 4) is 5.75 Å². The summed E-state index contributed by atoms with van der Waals surface area (Å²) in [6.45, 7) is 0. The van der Waals surface area contributed by atoms with Gasteiger partial charge in [0, 0.05) is 6.08 Å². The molecule has 0 saturated carbocycles. The average Bonchev–Trinajstić information content (AvgIpc) is 2.70. The highest BCUT2D eigenvalue weighted by molar-refractivity contribution is 5.93. The summed E-state index contributed by atoms with van der Waals surface area (Å²) >= 11 is 0. The van der Waals surface area contributed by atoms with Crippen molar-refractivity contribution < 1.29 is 15.0 Å². The van der Waals surface area contributed by atoms with Crippen LogP contribution in [0.25, 0.3) is 27.1 Å². The van der Waals surface area contributed by atoms with Crippen molar-refractivity contribution in [3.05, 3.63) is 96.1 Å². The number of rotatable bonds is 5. The third-order valence-electron chi connectivity index (χ3n) is 4.99. The molecular weight excluding hydrogens is 348 g/mol. The highest BCUT2D eigenvalue weighted by Crippen LogP contribution is 2.26. The number of carboxylic acids is 1. The second-order valence-corrected chi connectivity index (χ2v) is 6.94. The van der Waals surface area contributed by atoms with Gasteiger partial charge in [-0.05, 0) is 69.3 Å². The van der Waals surface area contributed by atoms with E-state index >= 15 is 0 Å². The first-order valence-electron chi connectivity index (χ1n) is 9.23. The van der Waals surface area contributed by atoms with Gasteiger partial charge in [0.05, 0.1) is 0 Å². The van der Waals surface area contributed by atoms with Crippen molar-refractivity contribution in [2.75, 3.05) is 0 Å². The zero-order valence-electron chi connectivity index (χ0n) is 15.3. The van der Waals surface area contributed by atoms with Gasteiger partial charge in [-0.1, -0.05) is 60.7 Å². The van der Waals surface area contributed by atoms with Crippen LogP contribution in [0.1, 0.15) is 17.5 Å². The SMILES string of the molecule is O=C(O)/C=C(/CCc1ccc2cc(O)ccc2c1)c1ccc2ccccc2c1. The molecule has 4 aromatic carbocycles. The summed E-state index contributed by atoms with van der Waals surface area (Å²) in [4.78, 5) is 11.4. The Morgan fingerprint density at radius 3 is 2.29 bits per heavy atom. The Labute approximate surface area is 163 Å². The number of fused-ring (bicyclic) bond motifs is 2. The summed E-state index contributed by atoms with van der Waals surface area (Å²) in [6.07, 6.45) is 2.68. The molecule has 4 aromatic rings. The number of carbonyl (C=O) groups is 1. The van der Waals surface area contributed by atoms with Crippen molar-refractivity contribution in [1.82, 2.24) is 0 Å². The number of benzene rings is 4. The maximum absolute atomic E-state index is 11.4. The monoisotopic (exact) mass is 368 g/mol. The van der Waals surface area contributed by atoms with E-state index in [9.17, 15) is 15.0 Å². The molecule has 0 aliphatic heterocycles. The lowest BCUT2D eigenvalue weighted by atomic mass is 9.95. The molecule has 0 unspecified atom stereocenters. The smallest absolute Gasteiger partial charge is 0.328 e. The maximum atomic E-state index is 11.4. The van der Waals surface area contributed by atoms with Crippen LogP contribution < -0.4 is 0 Å². The molecule has 138 valence electrons. The molecule has 0 heterocycles. The zero-order chi connectivity index (χ0) is 19.5. The van der Waals surface area contributed by atoms with Gasteiger partial charge in [-0.3, -0.25) is 0 Å². The third-order valence-corrected chi connectivity index (χ3v) is 4.99. The Balaban J connectivity index is 1.61. The fraction of sp³-hybridized carbons (Fsp3) is 0.0800. The molecule has 3 heteroatoms. The first-order chi connectivity index (χ1) is 13.6. The van der Waals surface area contributed by atoms with Crippen molar-refractivity contribution in [2.24, 2.45) is 0 Å². The van der Waals surface area contributed by atoms with E-state index in [0.29, 0.717) is 6.42 Å². The molecule has 0 aliphatic rings. The predicted molar refractivity (Wildman–Crippen MR) is 113 cm³/mol. The van der Waals surface area contributed by atoms with E-state index in [1.54, 1.807) is 12.1 Å². The maximum Gasteiger partial charge on any atom is 0.328 e. The first-order valence-corrected chi connectivity index (χ1v) is 9.23. The van der Waals surface area contributed by atoms with Gasteiger partial charge in [-0.2, -0.15) is 0 Å². The van der Waals surface area contributed by atoms with E-state index in [4.69, 9.17) is 0 Å². The van der Waals surface area contributed by atoms with Crippen molar-refractivity contribution in [2.45, 2.75) is 12.8 Å². The zero-order valence-corrected chi connectivity index (χ0v) is 15.3. The lowest BCUT2D eigenvalue weighted by molar-refractivity contribution is -0.131. The molecule has 0 radical (unpaired) electrons. The molecule has 2 N–H and O–H groups in total. The molecule has 0 spiro atoms. The topological polar surface area (TPSA) is 57.5 Å². The number of hydrogen-bond acceptors (Lipinski definition) is 2. The number of hydrogen-bond donors (Lipinski definition) is 2. The normalized spacial score (nSPS) is 11.8. The lowest BCUT2D eigenvalue weighted by Crippen LogP contribution is -1.96. The van der Waals surface area contributed by atoms with Crippen LogP contribution in [0, 0.1) is 0 Å². The summed E-state index contributed by atoms with van der Waals surface area (Å²) < 4.78 is 0. The summed E-state index contributed by atoms with van der Waals surface area (Å²) in [5.41, 5.74) is 2.88. The number of phenols is 1. The standard InChI is InChI=1S/C25H20O3/c26-24-12-11-20-13-17(5-7-22(20)15-24)6-8-23(16-25(27)28)21-10-9-18-3-1-2-4-19(18)14-21/h1-5,7,9-16,26H,6,8H2,(H,27,28)/b23-16-. The molecule has 0 aliphatic carbocycles. The molecule has 4 rings (SSSR count). The molecule has 0 atom stereocenters. The second kappa shape index (κ2) is 7.57. The van der Waals surface area contributed by atoms with Crippen LogP contribution in [0.5, 0.6) is 5.75 Å². The molecule has 0 saturated heterocycles. The van der Waals surface area contributed by atoms with E-state index in [2.05, 4.69) is 6.07 Å². The van der Waals surface area contributed by atoms with Gasteiger partial charge < -0.3 is 10.2 Å². The molecule has 0 amide bonds. The van der Waals surface area contributed by atoms with Gasteiger partial charge in [-0.15, -0.1) is 0 Å². The van der Waals surface area contributed by atoms with Crippen LogP contribution in [-0.4, -0.2) is 16.2 Å². The van der Waals surface area contributed by atoms with Gasteiger partial charge in [0.25, 0.3) is 0 Å². The summed E-state index contributed by atoms with van der Waals surface area (Å²) in [5.74, 6) is -0.680. The van der Waals surface area contributed by atoms with Gasteiger partial charge in [0.1, 0.15) is 5.75 Å². The first kappa shape index (κ1) is 17.8. The van der Waals surface area contributed by atoms with Crippen LogP contribution in [0.4, 0.5) is 0 Å². The van der Waals surface area contributed by atoms with Gasteiger partial charge in [0.15, 0.2) is 0 Å². The molecule has 28 heavy (non-hydrogen) atoms. The molecule has 0 fully saturated rings. The minimum atomic E-state index is -0.933. The average molecular weight is 368 g/mol. The van der Waals surface area contributed by atoms with Crippen molar-refractivity contribution >= 4 is 33.1 Å². The van der Waals surface area contributed by atoms with Gasteiger partial charge in [0.2, 0.25) is 0 Å². The van der Waals surface area contributed by atoms with Gasteiger partial charge in [-0.25, -0.2) is 4.79 Å². The fourth-order valence-corrected chi connectivity index (χ4v) is 3.56. The number of aliphatic carboxylic acids is 1. The number of aromatic hydroxyl groups is 1. The van der Waals surface area contributed by atoms with E-state index in [1.807, 2.05) is 60.7 Å². The lowest BCUT2D eigenvalue weighted by Gasteiger charge is -2.10. The Hall–Kier alpha value is -3.59. The van der Waals surface area contributed by atoms with Gasteiger partial charge >= 0.3 is 5.97 Å². The van der Waals surface area contributed by atoms with Crippen LogP contribution in [0.2, 0.25) is 0 Å². The van der Waals surface area contributed by atoms with Crippen LogP contribution in [-0.2, 0) is 11.2 Å². The summed E-state index contributed by atoms with van der Waals surface area (Å²) in [7, 11) is 0. The minimum absolute atomic E-state index is 0.253. The second-order valence-electron chi connectivity index (χ2n) is 6.94. The van der Waals surface area contributed by atoms with E-state index in [1.165, 1.54) is 6.08 Å². The highest BCUT2D eigenvalue weighted by atomic mass is 16.4. The van der Waals surface area contributed by atoms with E-state index in [-0.39, 0.29) is 5.75 Å². The summed E-state index contributed by atoms with van der Waals surface area (Å²) in [6, 6.07) is 25.6. The van der Waals surface area contributed by atoms with Crippen molar-refractivity contribution in [3.63, 3.8) is 0 Å². The number of phenolic OH excluding ortho intramolecular Hbond substituents is 1. The molecule has 0 bridgehead atoms. The molecule has 3 nitrogen and oxygen atoms in total. The number of carboxylic acid groups (broad SMARTS) is 1. The predicted octanol–water partition coefficient (Wildman–Crippen LogP) is 5.80. The summed E-state index contributed by atoms with van der Waals surface area (Å²) in [5, 5.41) is 23.2. The largest absolute Gasteiger partial charge is 0.508 e. The molecular formula is C25H20O3. The Bertz CT molecular complexity index is 1200. The number of aryl methyl sites for hydroxylation is 1. The van der Waals surface area contributed by atoms with Crippen LogP contribution in [0.15, 0.2) is 84.9 Å². The van der Waals surface area contributed by atoms with Crippen molar-refractivity contribution in [1.29, 1.82) is 0 Å². The number of allylic oxidation sites excluding steroid dienone is 1. The quantitative estimate of drug-likeness (QED) is 0.438. The van der Waals surface area contributed by atoms with E-state index < -0.39 is 5.97 Å². The van der Waals surface area contributed by atoms with Crippen LogP contribution >= 0.6 is 0 Å². The Morgan fingerprint density at radius 2 is 1.46 bits per heavy atom. The highest BCUT2D eigenvalue weighted by Gasteiger charge is 2.07. The molecule has 0 aromatic heterocycles. The fourth-order valence-electron chi connectivity index (χ4n) is 3.56. The Kier molecular flexibility index (Phi) is 4.81. The van der Waals surface area contributed by atoms with E-state index in [0.717, 1.165) is 44.7 Å². The third kappa shape index (κ3) is 3.89. The minimum Gasteiger partial charge on any atom is -0.508 e. The Morgan fingerprint density at radius 1 is 0.786 bits per heavy atom. The van der Waals surface area contributed by atoms with Crippen LogP contribution in [0.3, 0.4) is 0 Å².